The third-order valence-electron chi connectivity index (χ3n) is 2.52. The minimum Gasteiger partial charge on any atom is -0.307 e. The topological polar surface area (TPSA) is 46.9 Å². The molecule has 0 aliphatic rings. The molecule has 0 atom stereocenters. The molecule has 0 radical (unpaired) electrons. The maximum Gasteiger partial charge on any atom is 0.331 e. The van der Waals surface area contributed by atoms with E-state index in [1.807, 2.05) is 38.1 Å². The van der Waals surface area contributed by atoms with Gasteiger partial charge in [0.2, 0.25) is 0 Å². The van der Waals surface area contributed by atoms with Crippen molar-refractivity contribution in [1.82, 2.24) is 9.55 Å². The van der Waals surface area contributed by atoms with E-state index in [0.29, 0.717) is 0 Å². The Bertz CT molecular complexity index is 531. The van der Waals surface area contributed by atoms with Crippen LogP contribution in [-0.2, 0) is 6.42 Å². The van der Waals surface area contributed by atoms with E-state index in [-0.39, 0.29) is 6.03 Å². The summed E-state index contributed by atoms with van der Waals surface area (Å²) in [7, 11) is 0. The van der Waals surface area contributed by atoms with Crippen LogP contribution in [0.3, 0.4) is 0 Å². The van der Waals surface area contributed by atoms with Gasteiger partial charge in [-0.25, -0.2) is 9.78 Å². The van der Waals surface area contributed by atoms with Gasteiger partial charge in [0.05, 0.1) is 0 Å². The molecule has 0 spiro atoms. The molecule has 1 N–H and O–H groups in total. The number of hydrogen-bond donors (Lipinski definition) is 1. The highest BCUT2D eigenvalue weighted by Gasteiger charge is 2.08. The van der Waals surface area contributed by atoms with Gasteiger partial charge >= 0.3 is 6.03 Å². The minimum atomic E-state index is -0.176. The molecule has 1 heterocycles. The summed E-state index contributed by atoms with van der Waals surface area (Å²) in [5.74, 6) is 0.759. The lowest BCUT2D eigenvalue weighted by molar-refractivity contribution is 0.253. The number of carbonyl (C=O) groups is 1. The van der Waals surface area contributed by atoms with Crippen molar-refractivity contribution in [3.05, 3.63) is 48.0 Å². The monoisotopic (exact) mass is 229 g/mol. The van der Waals surface area contributed by atoms with Gasteiger partial charge in [0, 0.05) is 24.5 Å². The lowest BCUT2D eigenvalue weighted by atomic mass is 10.2. The Balaban J connectivity index is 2.17. The molecule has 0 aliphatic heterocycles. The largest absolute Gasteiger partial charge is 0.331 e. The second-order valence-electron chi connectivity index (χ2n) is 3.87. The van der Waals surface area contributed by atoms with Gasteiger partial charge in [0.15, 0.2) is 0 Å². The highest BCUT2D eigenvalue weighted by atomic mass is 16.2. The number of benzene rings is 1. The number of amides is 1. The summed E-state index contributed by atoms with van der Waals surface area (Å²) >= 11 is 0. The molecule has 4 heteroatoms. The molecule has 0 fully saturated rings. The number of carbonyl (C=O) groups excluding carboxylic acids is 1. The molecule has 1 amide bonds. The fourth-order valence-electron chi connectivity index (χ4n) is 1.69. The maximum atomic E-state index is 12.0. The average Bonchev–Trinajstić information content (AvgIpc) is 2.77. The van der Waals surface area contributed by atoms with Gasteiger partial charge in [-0.1, -0.05) is 19.1 Å². The van der Waals surface area contributed by atoms with Crippen molar-refractivity contribution in [2.75, 3.05) is 5.32 Å². The molecule has 88 valence electrons. The van der Waals surface area contributed by atoms with E-state index in [9.17, 15) is 4.79 Å². The van der Waals surface area contributed by atoms with E-state index in [2.05, 4.69) is 10.3 Å². The normalized spacial score (nSPS) is 10.2. The first-order valence-corrected chi connectivity index (χ1v) is 5.61. The first-order valence-electron chi connectivity index (χ1n) is 5.61. The van der Waals surface area contributed by atoms with Gasteiger partial charge in [0.25, 0.3) is 0 Å². The number of anilines is 1. The Hall–Kier alpha value is -2.10. The van der Waals surface area contributed by atoms with Crippen molar-refractivity contribution in [1.29, 1.82) is 0 Å². The van der Waals surface area contributed by atoms with Crippen LogP contribution in [0.15, 0.2) is 36.7 Å². The van der Waals surface area contributed by atoms with Crippen molar-refractivity contribution < 1.29 is 4.79 Å². The van der Waals surface area contributed by atoms with Crippen molar-refractivity contribution >= 4 is 11.7 Å². The van der Waals surface area contributed by atoms with Crippen LogP contribution in [-0.4, -0.2) is 15.6 Å². The standard InChI is InChI=1S/C13H15N3O/c1-3-12-14-7-8-16(12)13(17)15-11-6-4-5-10(2)9-11/h4-9H,3H2,1-2H3,(H,15,17). The van der Waals surface area contributed by atoms with Crippen LogP contribution < -0.4 is 5.32 Å². The number of aromatic nitrogens is 2. The van der Waals surface area contributed by atoms with E-state index in [4.69, 9.17) is 0 Å². The zero-order valence-electron chi connectivity index (χ0n) is 9.97. The lowest BCUT2D eigenvalue weighted by Gasteiger charge is -2.08. The first-order chi connectivity index (χ1) is 8.20. The summed E-state index contributed by atoms with van der Waals surface area (Å²) in [5.41, 5.74) is 1.91. The maximum absolute atomic E-state index is 12.0. The van der Waals surface area contributed by atoms with Crippen molar-refractivity contribution in [2.45, 2.75) is 20.3 Å². The van der Waals surface area contributed by atoms with E-state index in [1.54, 1.807) is 12.4 Å². The Labute approximate surface area is 100 Å². The number of hydrogen-bond acceptors (Lipinski definition) is 2. The van der Waals surface area contributed by atoms with Crippen LogP contribution in [0.5, 0.6) is 0 Å². The van der Waals surface area contributed by atoms with Crippen LogP contribution in [0.2, 0.25) is 0 Å². The number of rotatable bonds is 2. The van der Waals surface area contributed by atoms with E-state index in [1.165, 1.54) is 4.57 Å². The molecule has 4 nitrogen and oxygen atoms in total. The first kappa shape index (κ1) is 11.4. The molecule has 1 aromatic carbocycles. The van der Waals surface area contributed by atoms with Crippen LogP contribution in [0.4, 0.5) is 10.5 Å². The minimum absolute atomic E-state index is 0.176. The Morgan fingerprint density at radius 1 is 1.47 bits per heavy atom. The van der Waals surface area contributed by atoms with Crippen molar-refractivity contribution in [2.24, 2.45) is 0 Å². The fraction of sp³-hybridized carbons (Fsp3) is 0.231. The predicted molar refractivity (Wildman–Crippen MR) is 67.2 cm³/mol. The second kappa shape index (κ2) is 4.82. The molecule has 17 heavy (non-hydrogen) atoms. The van der Waals surface area contributed by atoms with Crippen LogP contribution in [0, 0.1) is 6.92 Å². The molecule has 2 aromatic rings. The quantitative estimate of drug-likeness (QED) is 0.860. The zero-order valence-corrected chi connectivity index (χ0v) is 9.97. The summed E-state index contributed by atoms with van der Waals surface area (Å²) in [6, 6.07) is 7.53. The SMILES string of the molecule is CCc1nccn1C(=O)Nc1cccc(C)c1. The van der Waals surface area contributed by atoms with E-state index >= 15 is 0 Å². The summed E-state index contributed by atoms with van der Waals surface area (Å²) in [4.78, 5) is 16.1. The van der Waals surface area contributed by atoms with Crippen LogP contribution in [0.1, 0.15) is 18.3 Å². The number of aryl methyl sites for hydroxylation is 2. The van der Waals surface area contributed by atoms with Gasteiger partial charge in [-0.05, 0) is 24.6 Å². The fourth-order valence-corrected chi connectivity index (χ4v) is 1.69. The molecule has 0 aliphatic carbocycles. The summed E-state index contributed by atoms with van der Waals surface area (Å²) in [6.07, 6.45) is 4.03. The molecule has 0 bridgehead atoms. The average molecular weight is 229 g/mol. The Morgan fingerprint density at radius 3 is 3.00 bits per heavy atom. The van der Waals surface area contributed by atoms with Crippen molar-refractivity contribution in [3.63, 3.8) is 0 Å². The number of nitrogens with one attached hydrogen (secondary N) is 1. The summed E-state index contributed by atoms with van der Waals surface area (Å²) in [5, 5.41) is 2.84. The molecule has 2 rings (SSSR count). The Kier molecular flexibility index (Phi) is 3.23. The lowest BCUT2D eigenvalue weighted by Crippen LogP contribution is -2.20. The van der Waals surface area contributed by atoms with E-state index < -0.39 is 0 Å². The van der Waals surface area contributed by atoms with Crippen LogP contribution >= 0.6 is 0 Å². The summed E-state index contributed by atoms with van der Waals surface area (Å²) < 4.78 is 1.53. The molecule has 1 aromatic heterocycles. The van der Waals surface area contributed by atoms with Gasteiger partial charge in [-0.3, -0.25) is 4.57 Å². The highest BCUT2D eigenvalue weighted by molar-refractivity contribution is 5.91. The molecule has 0 saturated carbocycles. The molecule has 0 saturated heterocycles. The number of nitrogens with zero attached hydrogens (tertiary/aromatic N) is 2. The third-order valence-corrected chi connectivity index (χ3v) is 2.52. The zero-order chi connectivity index (χ0) is 12.3. The third kappa shape index (κ3) is 2.53. The van der Waals surface area contributed by atoms with Gasteiger partial charge in [-0.2, -0.15) is 0 Å². The van der Waals surface area contributed by atoms with Crippen molar-refractivity contribution in [3.8, 4) is 0 Å². The Morgan fingerprint density at radius 2 is 2.29 bits per heavy atom. The summed E-state index contributed by atoms with van der Waals surface area (Å²) in [6.45, 7) is 3.96. The van der Waals surface area contributed by atoms with Gasteiger partial charge < -0.3 is 5.32 Å². The molecule has 0 unspecified atom stereocenters. The molecular formula is C13H15N3O. The molecular weight excluding hydrogens is 214 g/mol. The predicted octanol–water partition coefficient (Wildman–Crippen LogP) is 2.83. The van der Waals surface area contributed by atoms with Gasteiger partial charge in [-0.15, -0.1) is 0 Å². The highest BCUT2D eigenvalue weighted by Crippen LogP contribution is 2.10. The smallest absolute Gasteiger partial charge is 0.307 e. The van der Waals surface area contributed by atoms with E-state index in [0.717, 1.165) is 23.5 Å². The second-order valence-corrected chi connectivity index (χ2v) is 3.87. The van der Waals surface area contributed by atoms with Crippen LogP contribution in [0.25, 0.3) is 0 Å². The van der Waals surface area contributed by atoms with Gasteiger partial charge in [0.1, 0.15) is 5.82 Å². The number of imidazole rings is 1.